The minimum Gasteiger partial charge on any atom is -0.491 e. The van der Waals surface area contributed by atoms with Crippen molar-refractivity contribution < 1.29 is 23.8 Å². The first kappa shape index (κ1) is 25.7. The Hall–Kier alpha value is -2.94. The van der Waals surface area contributed by atoms with E-state index in [9.17, 15) is 14.3 Å². The fourth-order valence-electron chi connectivity index (χ4n) is 5.28. The summed E-state index contributed by atoms with van der Waals surface area (Å²) in [6.45, 7) is 3.75. The Labute approximate surface area is 216 Å². The Kier molecular flexibility index (Phi) is 7.51. The summed E-state index contributed by atoms with van der Waals surface area (Å²) in [4.78, 5) is 12.8. The minimum absolute atomic E-state index is 0.0334. The number of aryl methyl sites for hydroxylation is 1. The second-order valence-electron chi connectivity index (χ2n) is 10.7. The zero-order chi connectivity index (χ0) is 26.0. The van der Waals surface area contributed by atoms with Gasteiger partial charge < -0.3 is 29.8 Å². The van der Waals surface area contributed by atoms with Crippen LogP contribution in [0.3, 0.4) is 0 Å². The number of nitrogens with zero attached hydrogens (tertiary/aromatic N) is 1. The number of fused-ring (bicyclic) bond motifs is 1. The number of aliphatic hydroxyl groups is 1. The Morgan fingerprint density at radius 2 is 2.00 bits per heavy atom. The lowest BCUT2D eigenvalue weighted by atomic mass is 9.84. The predicted octanol–water partition coefficient (Wildman–Crippen LogP) is 4.91. The summed E-state index contributed by atoms with van der Waals surface area (Å²) in [6, 6.07) is 12.5. The molecule has 1 aliphatic heterocycles. The molecule has 0 spiro atoms. The van der Waals surface area contributed by atoms with E-state index in [0.717, 1.165) is 68.3 Å². The molecule has 0 radical (unpaired) electrons. The zero-order valence-corrected chi connectivity index (χ0v) is 21.6. The highest BCUT2D eigenvalue weighted by Crippen LogP contribution is 2.29. The molecule has 1 saturated carbocycles. The van der Waals surface area contributed by atoms with Crippen LogP contribution in [0.15, 0.2) is 42.5 Å². The van der Waals surface area contributed by atoms with Gasteiger partial charge in [-0.1, -0.05) is 0 Å². The average molecular weight is 510 g/mol. The van der Waals surface area contributed by atoms with Gasteiger partial charge in [-0.2, -0.15) is 0 Å². The minimum atomic E-state index is -0.624. The second-order valence-corrected chi connectivity index (χ2v) is 10.7. The topological polar surface area (TPSA) is 84.8 Å². The molecule has 2 heterocycles. The molecule has 0 unspecified atom stereocenters. The van der Waals surface area contributed by atoms with E-state index in [4.69, 9.17) is 9.47 Å². The fraction of sp³-hybridized carbons (Fsp3) is 0.483. The highest BCUT2D eigenvalue weighted by Gasteiger charge is 2.28. The number of rotatable bonds is 8. The van der Waals surface area contributed by atoms with Crippen LogP contribution in [0.5, 0.6) is 5.75 Å². The van der Waals surface area contributed by atoms with Crippen molar-refractivity contribution in [2.45, 2.75) is 69.7 Å². The fourth-order valence-corrected chi connectivity index (χ4v) is 5.28. The van der Waals surface area contributed by atoms with Crippen molar-refractivity contribution in [2.24, 2.45) is 7.05 Å². The summed E-state index contributed by atoms with van der Waals surface area (Å²) >= 11 is 0. The number of carbonyl (C=O) groups excluding carboxylic acids is 1. The first-order chi connectivity index (χ1) is 17.8. The molecule has 3 N–H and O–H groups in total. The number of hydrogen-bond acceptors (Lipinski definition) is 5. The smallest absolute Gasteiger partial charge is 0.258 e. The van der Waals surface area contributed by atoms with Gasteiger partial charge in [0, 0.05) is 54.6 Å². The molecule has 2 aliphatic rings. The summed E-state index contributed by atoms with van der Waals surface area (Å²) in [5.74, 6) is -0.746. The van der Waals surface area contributed by atoms with E-state index in [2.05, 4.69) is 21.3 Å². The van der Waals surface area contributed by atoms with E-state index in [1.165, 1.54) is 12.1 Å². The Morgan fingerprint density at radius 3 is 2.73 bits per heavy atom. The number of benzene rings is 2. The number of carbonyl (C=O) groups is 1. The standard InChI is InChI=1S/C29H36FN3O4/c1-29(35)11-9-20(10-12-29)31-17-22-15-19-14-21(5-8-27(19)33(22)2)32-28(34)25-7-6-23(16-26(25)30)37-18-24-4-3-13-36-24/h5-8,14-16,20,24,31,35H,3-4,9-13,17-18H2,1-2H3,(H,32,34)/t20-,24-,29-/m0/s1. The van der Waals surface area contributed by atoms with E-state index >= 15 is 0 Å². The molecular formula is C29H36FN3O4. The lowest BCUT2D eigenvalue weighted by Crippen LogP contribution is -2.39. The summed E-state index contributed by atoms with van der Waals surface area (Å²) in [5, 5.41) is 17.6. The van der Waals surface area contributed by atoms with Crippen LogP contribution in [0.25, 0.3) is 10.9 Å². The van der Waals surface area contributed by atoms with Crippen LogP contribution in [0.2, 0.25) is 0 Å². The molecule has 1 atom stereocenters. The number of anilines is 1. The third-order valence-corrected chi connectivity index (χ3v) is 7.68. The monoisotopic (exact) mass is 509 g/mol. The van der Waals surface area contributed by atoms with Crippen molar-refractivity contribution in [1.29, 1.82) is 0 Å². The number of aromatic nitrogens is 1. The van der Waals surface area contributed by atoms with Crippen molar-refractivity contribution in [2.75, 3.05) is 18.5 Å². The Morgan fingerprint density at radius 1 is 1.19 bits per heavy atom. The Bertz CT molecular complexity index is 1260. The van der Waals surface area contributed by atoms with Crippen molar-refractivity contribution in [3.05, 3.63) is 59.5 Å². The van der Waals surface area contributed by atoms with Crippen LogP contribution in [0.1, 0.15) is 61.5 Å². The summed E-state index contributed by atoms with van der Waals surface area (Å²) in [6.07, 6.45) is 5.55. The molecule has 1 aliphatic carbocycles. The second kappa shape index (κ2) is 10.8. The third-order valence-electron chi connectivity index (χ3n) is 7.68. The van der Waals surface area contributed by atoms with Crippen LogP contribution in [0.4, 0.5) is 10.1 Å². The lowest BCUT2D eigenvalue weighted by Gasteiger charge is -2.33. The molecule has 5 rings (SSSR count). The molecule has 0 bridgehead atoms. The van der Waals surface area contributed by atoms with E-state index in [1.54, 1.807) is 6.07 Å². The summed E-state index contributed by atoms with van der Waals surface area (Å²) < 4.78 is 28.0. The maximum atomic E-state index is 14.7. The van der Waals surface area contributed by atoms with Crippen LogP contribution in [-0.2, 0) is 18.3 Å². The van der Waals surface area contributed by atoms with Crippen LogP contribution < -0.4 is 15.4 Å². The SMILES string of the molecule is Cn1c(CN[C@H]2CC[C@](C)(O)CC2)cc2cc(NC(=O)c3ccc(OC[C@@H]4CCCO4)cc3F)ccc21. The quantitative estimate of drug-likeness (QED) is 0.402. The maximum absolute atomic E-state index is 14.7. The highest BCUT2D eigenvalue weighted by molar-refractivity contribution is 6.05. The van der Waals surface area contributed by atoms with Gasteiger partial charge in [0.05, 0.1) is 17.3 Å². The molecule has 1 amide bonds. The first-order valence-corrected chi connectivity index (χ1v) is 13.2. The van der Waals surface area contributed by atoms with Crippen LogP contribution in [0, 0.1) is 5.82 Å². The molecule has 2 aromatic carbocycles. The van der Waals surface area contributed by atoms with Gasteiger partial charge in [-0.05, 0) is 81.8 Å². The van der Waals surface area contributed by atoms with E-state index in [0.29, 0.717) is 24.1 Å². The normalized spacial score (nSPS) is 23.9. The van der Waals surface area contributed by atoms with Gasteiger partial charge in [-0.3, -0.25) is 4.79 Å². The largest absolute Gasteiger partial charge is 0.491 e. The molecule has 1 saturated heterocycles. The molecule has 1 aromatic heterocycles. The van der Waals surface area contributed by atoms with E-state index in [1.807, 2.05) is 32.2 Å². The van der Waals surface area contributed by atoms with Crippen LogP contribution >= 0.6 is 0 Å². The molecular weight excluding hydrogens is 473 g/mol. The number of amides is 1. The molecule has 2 fully saturated rings. The predicted molar refractivity (Wildman–Crippen MR) is 141 cm³/mol. The number of hydrogen-bond donors (Lipinski definition) is 3. The number of ether oxygens (including phenoxy) is 2. The highest BCUT2D eigenvalue weighted by atomic mass is 19.1. The van der Waals surface area contributed by atoms with Crippen molar-refractivity contribution in [1.82, 2.24) is 9.88 Å². The third kappa shape index (κ3) is 6.14. The van der Waals surface area contributed by atoms with Crippen molar-refractivity contribution in [3.8, 4) is 5.75 Å². The van der Waals surface area contributed by atoms with Gasteiger partial charge in [0.15, 0.2) is 0 Å². The number of nitrogens with one attached hydrogen (secondary N) is 2. The lowest BCUT2D eigenvalue weighted by molar-refractivity contribution is 0.0139. The van der Waals surface area contributed by atoms with Crippen LogP contribution in [-0.4, -0.2) is 46.5 Å². The average Bonchev–Trinajstić information content (AvgIpc) is 3.50. The summed E-state index contributed by atoms with van der Waals surface area (Å²) in [5.41, 5.74) is 2.23. The van der Waals surface area contributed by atoms with Gasteiger partial charge in [-0.25, -0.2) is 4.39 Å². The van der Waals surface area contributed by atoms with Crippen molar-refractivity contribution >= 4 is 22.5 Å². The van der Waals surface area contributed by atoms with Crippen molar-refractivity contribution in [3.63, 3.8) is 0 Å². The number of halogens is 1. The van der Waals surface area contributed by atoms with Gasteiger partial charge in [-0.15, -0.1) is 0 Å². The molecule has 37 heavy (non-hydrogen) atoms. The van der Waals surface area contributed by atoms with Gasteiger partial charge in [0.2, 0.25) is 0 Å². The van der Waals surface area contributed by atoms with Gasteiger partial charge >= 0.3 is 0 Å². The molecule has 198 valence electrons. The molecule has 7 nitrogen and oxygen atoms in total. The molecule has 8 heteroatoms. The maximum Gasteiger partial charge on any atom is 0.258 e. The van der Waals surface area contributed by atoms with E-state index in [-0.39, 0.29) is 11.7 Å². The Balaban J connectivity index is 1.20. The zero-order valence-electron chi connectivity index (χ0n) is 21.6. The van der Waals surface area contributed by atoms with Gasteiger partial charge in [0.25, 0.3) is 5.91 Å². The van der Waals surface area contributed by atoms with E-state index < -0.39 is 17.3 Å². The molecule has 3 aromatic rings. The summed E-state index contributed by atoms with van der Waals surface area (Å²) in [7, 11) is 2.03. The first-order valence-electron chi connectivity index (χ1n) is 13.2. The van der Waals surface area contributed by atoms with Gasteiger partial charge in [0.1, 0.15) is 18.2 Å².